The molecule has 4 heterocycles. The van der Waals surface area contributed by atoms with E-state index in [2.05, 4.69) is 9.88 Å². The first-order chi connectivity index (χ1) is 12.6. The van der Waals surface area contributed by atoms with Crippen molar-refractivity contribution in [2.24, 2.45) is 0 Å². The maximum atomic E-state index is 13.3. The fraction of sp³-hybridized carbons (Fsp3) is 0.368. The number of methoxy groups -OCH3 is 1. The fourth-order valence-electron chi connectivity index (χ4n) is 3.71. The van der Waals surface area contributed by atoms with Gasteiger partial charge in [0.25, 0.3) is 5.91 Å². The number of aromatic nitrogens is 1. The van der Waals surface area contributed by atoms with Gasteiger partial charge in [-0.05, 0) is 36.8 Å². The topological polar surface area (TPSA) is 54.9 Å². The Balaban J connectivity index is 1.33. The summed E-state index contributed by atoms with van der Waals surface area (Å²) in [6.07, 6.45) is 2.45. The smallest absolute Gasteiger partial charge is 0.261 e. The Labute approximate surface area is 151 Å². The van der Waals surface area contributed by atoms with Crippen LogP contribution in [0, 0.1) is 5.95 Å². The van der Waals surface area contributed by atoms with Gasteiger partial charge in [0.05, 0.1) is 19.2 Å². The molecule has 0 spiro atoms. The summed E-state index contributed by atoms with van der Waals surface area (Å²) in [5.74, 6) is 0.887. The number of rotatable bonds is 5. The van der Waals surface area contributed by atoms with Gasteiger partial charge in [0.1, 0.15) is 11.5 Å². The number of anilines is 1. The number of piperidine rings is 1. The summed E-state index contributed by atoms with van der Waals surface area (Å²) >= 11 is 0. The van der Waals surface area contributed by atoms with Crippen LogP contribution >= 0.6 is 0 Å². The quantitative estimate of drug-likeness (QED) is 0.767. The van der Waals surface area contributed by atoms with Crippen LogP contribution in [-0.2, 0) is 4.79 Å². The lowest BCUT2D eigenvalue weighted by Gasteiger charge is -2.56. The first-order valence-electron chi connectivity index (χ1n) is 8.58. The van der Waals surface area contributed by atoms with E-state index in [1.807, 2.05) is 4.90 Å². The molecule has 6 nitrogen and oxygen atoms in total. The average molecular weight is 357 g/mol. The number of carbonyl (C=O) groups is 1. The van der Waals surface area contributed by atoms with Crippen molar-refractivity contribution in [1.82, 2.24) is 9.88 Å². The molecule has 1 aromatic heterocycles. The van der Waals surface area contributed by atoms with Gasteiger partial charge in [-0.1, -0.05) is 0 Å². The first-order valence-corrected chi connectivity index (χ1v) is 8.58. The van der Waals surface area contributed by atoms with Crippen LogP contribution in [0.5, 0.6) is 11.5 Å². The molecule has 1 aromatic carbocycles. The van der Waals surface area contributed by atoms with Gasteiger partial charge in [-0.25, -0.2) is 4.98 Å². The average Bonchev–Trinajstić information content (AvgIpc) is 2.67. The molecule has 3 saturated heterocycles. The maximum absolute atomic E-state index is 13.3. The second kappa shape index (κ2) is 6.82. The van der Waals surface area contributed by atoms with E-state index in [1.54, 1.807) is 37.4 Å². The standard InChI is InChI=1S/C19H20FN3O3/c1-25-16-2-4-17(5-3-16)26-12-19(24)23-14-8-15(23)11-22(10-14)13-6-7-21-18(20)9-13/h2-7,9,14-15H,8,10-12H2,1H3. The molecule has 0 radical (unpaired) electrons. The van der Waals surface area contributed by atoms with E-state index in [9.17, 15) is 9.18 Å². The largest absolute Gasteiger partial charge is 0.497 e. The zero-order chi connectivity index (χ0) is 18.1. The highest BCUT2D eigenvalue weighted by Crippen LogP contribution is 2.34. The molecular formula is C19H20FN3O3. The molecule has 1 amide bonds. The molecule has 2 atom stereocenters. The lowest BCUT2D eigenvalue weighted by atomic mass is 9.87. The van der Waals surface area contributed by atoms with Gasteiger partial charge in [-0.15, -0.1) is 0 Å². The summed E-state index contributed by atoms with van der Waals surface area (Å²) in [6.45, 7) is 1.42. The molecule has 0 N–H and O–H groups in total. The molecule has 2 unspecified atom stereocenters. The Morgan fingerprint density at radius 2 is 1.88 bits per heavy atom. The minimum absolute atomic E-state index is 0.0115. The fourth-order valence-corrected chi connectivity index (χ4v) is 3.71. The van der Waals surface area contributed by atoms with Crippen molar-refractivity contribution >= 4 is 11.6 Å². The van der Waals surface area contributed by atoms with Crippen molar-refractivity contribution in [3.63, 3.8) is 0 Å². The van der Waals surface area contributed by atoms with Crippen LogP contribution in [0.2, 0.25) is 0 Å². The van der Waals surface area contributed by atoms with Crippen LogP contribution in [0.1, 0.15) is 6.42 Å². The summed E-state index contributed by atoms with van der Waals surface area (Å²) in [5.41, 5.74) is 0.814. The van der Waals surface area contributed by atoms with E-state index in [1.165, 1.54) is 12.3 Å². The minimum Gasteiger partial charge on any atom is -0.497 e. The van der Waals surface area contributed by atoms with E-state index >= 15 is 0 Å². The number of nitrogens with zero attached hydrogens (tertiary/aromatic N) is 3. The van der Waals surface area contributed by atoms with Crippen molar-refractivity contribution < 1.29 is 18.7 Å². The Kier molecular flexibility index (Phi) is 4.36. The van der Waals surface area contributed by atoms with E-state index in [-0.39, 0.29) is 24.6 Å². The predicted octanol–water partition coefficient (Wildman–Crippen LogP) is 2.10. The van der Waals surface area contributed by atoms with Gasteiger partial charge in [-0.3, -0.25) is 4.79 Å². The summed E-state index contributed by atoms with van der Waals surface area (Å²) < 4.78 is 24.0. The van der Waals surface area contributed by atoms with Gasteiger partial charge in [0, 0.05) is 31.0 Å². The highest BCUT2D eigenvalue weighted by atomic mass is 19.1. The van der Waals surface area contributed by atoms with E-state index in [4.69, 9.17) is 9.47 Å². The molecular weight excluding hydrogens is 337 g/mol. The molecule has 26 heavy (non-hydrogen) atoms. The van der Waals surface area contributed by atoms with Crippen LogP contribution in [0.4, 0.5) is 10.1 Å². The third-order valence-corrected chi connectivity index (χ3v) is 4.98. The van der Waals surface area contributed by atoms with Crippen LogP contribution in [0.15, 0.2) is 42.6 Å². The molecule has 2 aromatic rings. The second-order valence-electron chi connectivity index (χ2n) is 6.55. The van der Waals surface area contributed by atoms with Gasteiger partial charge in [-0.2, -0.15) is 4.39 Å². The van der Waals surface area contributed by atoms with Crippen LogP contribution in [0.25, 0.3) is 0 Å². The van der Waals surface area contributed by atoms with E-state index < -0.39 is 5.95 Å². The molecule has 0 aliphatic carbocycles. The van der Waals surface area contributed by atoms with E-state index in [0.717, 1.165) is 17.9 Å². The number of hydrogen-bond donors (Lipinski definition) is 0. The molecule has 136 valence electrons. The SMILES string of the molecule is COc1ccc(OCC(=O)N2C3CC2CN(c2ccnc(F)c2)C3)cc1. The minimum atomic E-state index is -0.484. The number of hydrogen-bond acceptors (Lipinski definition) is 5. The van der Waals surface area contributed by atoms with Crippen molar-refractivity contribution in [1.29, 1.82) is 0 Å². The first kappa shape index (κ1) is 16.6. The summed E-state index contributed by atoms with van der Waals surface area (Å²) in [6, 6.07) is 10.7. The van der Waals surface area contributed by atoms with Crippen LogP contribution < -0.4 is 14.4 Å². The van der Waals surface area contributed by atoms with Crippen LogP contribution in [-0.4, -0.2) is 54.7 Å². The molecule has 5 rings (SSSR count). The van der Waals surface area contributed by atoms with Crippen molar-refractivity contribution in [3.05, 3.63) is 48.5 Å². The second-order valence-corrected chi connectivity index (χ2v) is 6.55. The molecule has 0 saturated carbocycles. The molecule has 2 bridgehead atoms. The number of pyridine rings is 1. The van der Waals surface area contributed by atoms with Crippen molar-refractivity contribution in [2.45, 2.75) is 18.5 Å². The Bertz CT molecular complexity index is 787. The van der Waals surface area contributed by atoms with Crippen LogP contribution in [0.3, 0.4) is 0 Å². The number of piperazine rings is 1. The number of carbonyl (C=O) groups excluding carboxylic acids is 1. The third kappa shape index (κ3) is 3.16. The Morgan fingerprint density at radius 3 is 2.54 bits per heavy atom. The van der Waals surface area contributed by atoms with E-state index in [0.29, 0.717) is 18.8 Å². The molecule has 3 aliphatic heterocycles. The predicted molar refractivity (Wildman–Crippen MR) is 93.9 cm³/mol. The number of halogens is 1. The summed E-state index contributed by atoms with van der Waals surface area (Å²) in [5, 5.41) is 0. The highest BCUT2D eigenvalue weighted by Gasteiger charge is 2.47. The lowest BCUT2D eigenvalue weighted by Crippen LogP contribution is -2.70. The number of amides is 1. The van der Waals surface area contributed by atoms with Gasteiger partial charge in [0.15, 0.2) is 6.61 Å². The van der Waals surface area contributed by atoms with Gasteiger partial charge in [0.2, 0.25) is 5.95 Å². The number of fused-ring (bicyclic) bond motifs is 2. The third-order valence-electron chi connectivity index (χ3n) is 4.98. The number of ether oxygens (including phenoxy) is 2. The molecule has 7 heteroatoms. The van der Waals surface area contributed by atoms with Crippen molar-refractivity contribution in [2.75, 3.05) is 31.7 Å². The van der Waals surface area contributed by atoms with Gasteiger partial charge < -0.3 is 19.3 Å². The maximum Gasteiger partial charge on any atom is 0.261 e. The lowest BCUT2D eigenvalue weighted by molar-refractivity contribution is -0.148. The molecule has 3 aliphatic rings. The Hall–Kier alpha value is -2.83. The van der Waals surface area contributed by atoms with Crippen molar-refractivity contribution in [3.8, 4) is 11.5 Å². The monoisotopic (exact) mass is 357 g/mol. The Morgan fingerprint density at radius 1 is 1.19 bits per heavy atom. The zero-order valence-electron chi connectivity index (χ0n) is 14.5. The normalized spacial score (nSPS) is 21.2. The summed E-state index contributed by atoms with van der Waals surface area (Å²) in [7, 11) is 1.60. The zero-order valence-corrected chi connectivity index (χ0v) is 14.5. The van der Waals surface area contributed by atoms with Gasteiger partial charge >= 0.3 is 0 Å². The summed E-state index contributed by atoms with van der Waals surface area (Å²) in [4.78, 5) is 20.1. The highest BCUT2D eigenvalue weighted by molar-refractivity contribution is 5.80. The number of benzene rings is 1. The molecule has 3 fully saturated rings.